The van der Waals surface area contributed by atoms with E-state index in [1.165, 1.54) is 18.2 Å². The van der Waals surface area contributed by atoms with Crippen molar-refractivity contribution in [1.82, 2.24) is 5.32 Å². The molecule has 0 spiro atoms. The van der Waals surface area contributed by atoms with E-state index >= 15 is 0 Å². The van der Waals surface area contributed by atoms with Crippen molar-refractivity contribution in [2.75, 3.05) is 7.11 Å². The van der Waals surface area contributed by atoms with Crippen molar-refractivity contribution in [3.63, 3.8) is 0 Å². The molecule has 3 rings (SSSR count). The first kappa shape index (κ1) is 31.6. The fourth-order valence-electron chi connectivity index (χ4n) is 2.71. The fraction of sp³-hybridized carbons (Fsp3) is 0.286. The van der Waals surface area contributed by atoms with Gasteiger partial charge in [-0.15, -0.1) is 0 Å². The number of carbonyl (C=O) groups is 1. The van der Waals surface area contributed by atoms with E-state index in [1.807, 2.05) is 53.7 Å². The molecular formula is C28H35N3O5. The highest BCUT2D eigenvalue weighted by molar-refractivity contribution is 6.01. The van der Waals surface area contributed by atoms with Gasteiger partial charge in [-0.1, -0.05) is 65.8 Å². The molecule has 0 saturated heterocycles. The Hall–Kier alpha value is -4.38. The van der Waals surface area contributed by atoms with Crippen LogP contribution in [0.5, 0.6) is 5.75 Å². The molecular weight excluding hydrogens is 458 g/mol. The third-order valence-corrected chi connectivity index (χ3v) is 4.21. The Labute approximate surface area is 213 Å². The number of rotatable bonds is 7. The number of nitriles is 1. The number of nitrogens with zero attached hydrogens (tertiary/aromatic N) is 2. The number of nitrogens with one attached hydrogen (secondary N) is 1. The molecule has 0 radical (unpaired) electrons. The first-order valence-corrected chi connectivity index (χ1v) is 11.9. The third kappa shape index (κ3) is 9.85. The maximum Gasteiger partial charge on any atom is 0.270 e. The molecule has 1 N–H and O–H groups in total. The van der Waals surface area contributed by atoms with E-state index in [1.54, 1.807) is 49.6 Å². The van der Waals surface area contributed by atoms with Gasteiger partial charge in [0.15, 0.2) is 0 Å². The van der Waals surface area contributed by atoms with Crippen molar-refractivity contribution in [2.24, 2.45) is 0 Å². The number of amides is 1. The lowest BCUT2D eigenvalue weighted by Gasteiger charge is -2.06. The molecule has 0 saturated carbocycles. The monoisotopic (exact) mass is 493 g/mol. The minimum atomic E-state index is -0.548. The van der Waals surface area contributed by atoms with Gasteiger partial charge in [-0.05, 0) is 29.8 Å². The maximum atomic E-state index is 12.4. The van der Waals surface area contributed by atoms with Gasteiger partial charge in [0.25, 0.3) is 11.6 Å². The molecule has 3 aromatic rings. The fourth-order valence-corrected chi connectivity index (χ4v) is 2.71. The van der Waals surface area contributed by atoms with E-state index in [0.717, 1.165) is 5.56 Å². The Bertz CT molecular complexity index is 1160. The van der Waals surface area contributed by atoms with Gasteiger partial charge in [0, 0.05) is 30.3 Å². The molecule has 36 heavy (non-hydrogen) atoms. The molecule has 0 aliphatic rings. The van der Waals surface area contributed by atoms with Gasteiger partial charge in [0.1, 0.15) is 28.9 Å². The van der Waals surface area contributed by atoms with Crippen molar-refractivity contribution in [3.8, 4) is 23.1 Å². The van der Waals surface area contributed by atoms with Gasteiger partial charge < -0.3 is 14.5 Å². The molecule has 8 heteroatoms. The molecule has 0 aliphatic carbocycles. The predicted octanol–water partition coefficient (Wildman–Crippen LogP) is 7.17. The van der Waals surface area contributed by atoms with Gasteiger partial charge in [-0.25, -0.2) is 0 Å². The van der Waals surface area contributed by atoms with E-state index < -0.39 is 10.8 Å². The molecule has 2 aromatic carbocycles. The van der Waals surface area contributed by atoms with Crippen LogP contribution in [0.3, 0.4) is 0 Å². The Morgan fingerprint density at radius 2 is 1.72 bits per heavy atom. The van der Waals surface area contributed by atoms with Gasteiger partial charge in [0.05, 0.1) is 12.0 Å². The summed E-state index contributed by atoms with van der Waals surface area (Å²) in [5.74, 6) is 0.791. The van der Waals surface area contributed by atoms with E-state index in [9.17, 15) is 20.2 Å². The second kappa shape index (κ2) is 18.0. The second-order valence-corrected chi connectivity index (χ2v) is 6.21. The molecule has 0 unspecified atom stereocenters. The summed E-state index contributed by atoms with van der Waals surface area (Å²) in [6, 6.07) is 18.3. The number of nitro groups is 1. The van der Waals surface area contributed by atoms with Crippen molar-refractivity contribution in [2.45, 2.75) is 48.1 Å². The van der Waals surface area contributed by atoms with Crippen LogP contribution < -0.4 is 10.1 Å². The number of nitro benzene ring substituents is 1. The van der Waals surface area contributed by atoms with E-state index in [-0.39, 0.29) is 23.6 Å². The van der Waals surface area contributed by atoms with Crippen LogP contribution in [-0.4, -0.2) is 17.9 Å². The van der Waals surface area contributed by atoms with Crippen molar-refractivity contribution >= 4 is 17.7 Å². The van der Waals surface area contributed by atoms with Crippen molar-refractivity contribution in [3.05, 3.63) is 87.7 Å². The molecule has 1 amide bonds. The first-order chi connectivity index (χ1) is 17.5. The lowest BCUT2D eigenvalue weighted by atomic mass is 10.1. The average molecular weight is 494 g/mol. The number of methoxy groups -OCH3 is 1. The Balaban J connectivity index is 0.00000190. The highest BCUT2D eigenvalue weighted by Gasteiger charge is 2.13. The van der Waals surface area contributed by atoms with E-state index in [0.29, 0.717) is 17.1 Å². The van der Waals surface area contributed by atoms with Crippen LogP contribution in [0.1, 0.15) is 52.9 Å². The van der Waals surface area contributed by atoms with Crippen LogP contribution in [0.25, 0.3) is 17.4 Å². The number of hydrogen-bond donors (Lipinski definition) is 1. The summed E-state index contributed by atoms with van der Waals surface area (Å²) >= 11 is 0. The second-order valence-electron chi connectivity index (χ2n) is 6.21. The van der Waals surface area contributed by atoms with Crippen molar-refractivity contribution in [1.29, 1.82) is 5.26 Å². The number of hydrogen-bond acceptors (Lipinski definition) is 6. The number of ether oxygens (including phenoxy) is 1. The highest BCUT2D eigenvalue weighted by atomic mass is 16.6. The van der Waals surface area contributed by atoms with Crippen molar-refractivity contribution < 1.29 is 18.9 Å². The lowest BCUT2D eigenvalue weighted by Crippen LogP contribution is -2.23. The molecule has 0 aliphatic heterocycles. The van der Waals surface area contributed by atoms with Gasteiger partial charge in [-0.2, -0.15) is 5.26 Å². The normalized spacial score (nSPS) is 9.56. The Morgan fingerprint density at radius 3 is 2.33 bits per heavy atom. The van der Waals surface area contributed by atoms with Crippen LogP contribution in [0.4, 0.5) is 5.69 Å². The van der Waals surface area contributed by atoms with Crippen LogP contribution in [-0.2, 0) is 11.3 Å². The summed E-state index contributed by atoms with van der Waals surface area (Å²) in [5.41, 5.74) is 1.16. The SMILES string of the molecule is CC.CC.CC.COc1cccc(CNC(=O)/C(C#N)=C/c2ccc(-c3cccc([N+](=O)[O-])c3)o2)c1. The smallest absolute Gasteiger partial charge is 0.270 e. The summed E-state index contributed by atoms with van der Waals surface area (Å²) in [4.78, 5) is 22.8. The molecule has 192 valence electrons. The largest absolute Gasteiger partial charge is 0.497 e. The summed E-state index contributed by atoms with van der Waals surface area (Å²) in [6.45, 7) is 12.2. The first-order valence-electron chi connectivity index (χ1n) is 11.9. The van der Waals surface area contributed by atoms with Crippen LogP contribution in [0, 0.1) is 21.4 Å². The lowest BCUT2D eigenvalue weighted by molar-refractivity contribution is -0.384. The maximum absolute atomic E-state index is 12.4. The van der Waals surface area contributed by atoms with Gasteiger partial charge in [-0.3, -0.25) is 14.9 Å². The third-order valence-electron chi connectivity index (χ3n) is 4.21. The number of furan rings is 1. The summed E-state index contributed by atoms with van der Waals surface area (Å²) in [6.07, 6.45) is 1.32. The highest BCUT2D eigenvalue weighted by Crippen LogP contribution is 2.26. The summed E-state index contributed by atoms with van der Waals surface area (Å²) in [5, 5.41) is 22.9. The van der Waals surface area contributed by atoms with E-state index in [4.69, 9.17) is 9.15 Å². The van der Waals surface area contributed by atoms with Crippen LogP contribution in [0.2, 0.25) is 0 Å². The quantitative estimate of drug-likeness (QED) is 0.161. The Morgan fingerprint density at radius 1 is 1.06 bits per heavy atom. The van der Waals surface area contributed by atoms with E-state index in [2.05, 4.69) is 5.32 Å². The molecule has 0 fully saturated rings. The van der Waals surface area contributed by atoms with Gasteiger partial charge in [0.2, 0.25) is 0 Å². The minimum Gasteiger partial charge on any atom is -0.497 e. The average Bonchev–Trinajstić information content (AvgIpc) is 3.42. The topological polar surface area (TPSA) is 118 Å². The zero-order chi connectivity index (χ0) is 27.5. The zero-order valence-electron chi connectivity index (χ0n) is 22.0. The molecule has 1 aromatic heterocycles. The van der Waals surface area contributed by atoms with Gasteiger partial charge >= 0.3 is 0 Å². The molecule has 0 bridgehead atoms. The summed E-state index contributed by atoms with van der Waals surface area (Å²) in [7, 11) is 1.56. The predicted molar refractivity (Wildman–Crippen MR) is 143 cm³/mol. The molecule has 0 atom stereocenters. The molecule has 1 heterocycles. The number of carbonyl (C=O) groups excluding carboxylic acids is 1. The molecule has 8 nitrogen and oxygen atoms in total. The summed E-state index contributed by atoms with van der Waals surface area (Å²) < 4.78 is 10.8. The number of benzene rings is 2. The standard InChI is InChI=1S/C22H17N3O5.3C2H6/c1-29-19-7-2-4-15(10-19)14-24-22(26)17(13-23)12-20-8-9-21(30-20)16-5-3-6-18(11-16)25(27)28;3*1-2/h2-12H,14H2,1H3,(H,24,26);3*1-2H3/b17-12+;;;. The minimum absolute atomic E-state index is 0.0596. The zero-order valence-corrected chi connectivity index (χ0v) is 22.0. The van der Waals surface area contributed by atoms with Crippen LogP contribution in [0.15, 0.2) is 70.7 Å². The number of non-ortho nitro benzene ring substituents is 1. The van der Waals surface area contributed by atoms with Crippen LogP contribution >= 0.6 is 0 Å². The Kier molecular flexibility index (Phi) is 15.8.